The highest BCUT2D eigenvalue weighted by molar-refractivity contribution is 5.89. The van der Waals surface area contributed by atoms with E-state index in [-0.39, 0.29) is 6.42 Å². The molecule has 4 nitrogen and oxygen atoms in total. The van der Waals surface area contributed by atoms with Gasteiger partial charge in [0.15, 0.2) is 0 Å². The van der Waals surface area contributed by atoms with Gasteiger partial charge in [-0.3, -0.25) is 9.78 Å². The van der Waals surface area contributed by atoms with Crippen molar-refractivity contribution in [3.63, 3.8) is 0 Å². The molecule has 0 saturated carbocycles. The first kappa shape index (κ1) is 11.4. The smallest absolute Gasteiger partial charge is 0.309 e. The second kappa shape index (κ2) is 4.41. The van der Waals surface area contributed by atoms with Crippen molar-refractivity contribution in [1.82, 2.24) is 4.98 Å². The lowest BCUT2D eigenvalue weighted by Gasteiger charge is -2.13. The Bertz CT molecular complexity index is 564. The Hall–Kier alpha value is -2.10. The normalized spacial score (nSPS) is 10.5. The highest BCUT2D eigenvalue weighted by atomic mass is 16.4. The van der Waals surface area contributed by atoms with Crippen molar-refractivity contribution >= 4 is 22.4 Å². The molecule has 0 spiro atoms. The van der Waals surface area contributed by atoms with Crippen molar-refractivity contribution in [2.75, 3.05) is 19.0 Å². The molecule has 4 heteroatoms. The third-order valence-electron chi connectivity index (χ3n) is 2.67. The van der Waals surface area contributed by atoms with Crippen LogP contribution in [0.2, 0.25) is 0 Å². The largest absolute Gasteiger partial charge is 0.481 e. The van der Waals surface area contributed by atoms with Gasteiger partial charge >= 0.3 is 5.97 Å². The first-order chi connectivity index (χ1) is 8.08. The number of fused-ring (bicyclic) bond motifs is 1. The standard InChI is InChI=1S/C13H14N2O2/c1-15(2)10-4-3-9-5-6-14-12(8-13(16)17)11(9)7-10/h3-7H,8H2,1-2H3,(H,16,17). The number of benzene rings is 1. The fourth-order valence-corrected chi connectivity index (χ4v) is 1.78. The van der Waals surface area contributed by atoms with E-state index in [1.54, 1.807) is 6.20 Å². The van der Waals surface area contributed by atoms with Gasteiger partial charge in [-0.15, -0.1) is 0 Å². The average molecular weight is 230 g/mol. The highest BCUT2D eigenvalue weighted by Gasteiger charge is 2.08. The Morgan fingerprint density at radius 1 is 1.35 bits per heavy atom. The molecule has 17 heavy (non-hydrogen) atoms. The van der Waals surface area contributed by atoms with Crippen LogP contribution in [0.4, 0.5) is 5.69 Å². The number of carbonyl (C=O) groups is 1. The molecular formula is C13H14N2O2. The molecule has 0 aliphatic carbocycles. The topological polar surface area (TPSA) is 53.4 Å². The summed E-state index contributed by atoms with van der Waals surface area (Å²) in [6.45, 7) is 0. The number of carboxylic acid groups (broad SMARTS) is 1. The van der Waals surface area contributed by atoms with E-state index in [0.29, 0.717) is 5.69 Å². The van der Waals surface area contributed by atoms with Gasteiger partial charge in [0.25, 0.3) is 0 Å². The number of carboxylic acids is 1. The summed E-state index contributed by atoms with van der Waals surface area (Å²) in [6, 6.07) is 7.85. The van der Waals surface area contributed by atoms with Crippen molar-refractivity contribution < 1.29 is 9.90 Å². The third kappa shape index (κ3) is 2.36. The fourth-order valence-electron chi connectivity index (χ4n) is 1.78. The number of aromatic nitrogens is 1. The Labute approximate surface area is 99.5 Å². The summed E-state index contributed by atoms with van der Waals surface area (Å²) in [5.41, 5.74) is 1.65. The lowest BCUT2D eigenvalue weighted by molar-refractivity contribution is -0.136. The first-order valence-electron chi connectivity index (χ1n) is 5.34. The van der Waals surface area contributed by atoms with Gasteiger partial charge in [-0.05, 0) is 23.6 Å². The molecule has 1 heterocycles. The molecule has 0 unspecified atom stereocenters. The minimum atomic E-state index is -0.861. The monoisotopic (exact) mass is 230 g/mol. The second-order valence-corrected chi connectivity index (χ2v) is 4.13. The van der Waals surface area contributed by atoms with Crippen LogP contribution in [0.3, 0.4) is 0 Å². The molecule has 1 aromatic heterocycles. The molecular weight excluding hydrogens is 216 g/mol. The van der Waals surface area contributed by atoms with Crippen LogP contribution < -0.4 is 4.90 Å². The van der Waals surface area contributed by atoms with Crippen LogP contribution in [0.15, 0.2) is 30.5 Å². The Morgan fingerprint density at radius 2 is 2.12 bits per heavy atom. The van der Waals surface area contributed by atoms with Gasteiger partial charge in [0.2, 0.25) is 0 Å². The van der Waals surface area contributed by atoms with E-state index in [1.807, 2.05) is 43.3 Å². The summed E-state index contributed by atoms with van der Waals surface area (Å²) in [7, 11) is 3.91. The van der Waals surface area contributed by atoms with Crippen LogP contribution in [0.1, 0.15) is 5.69 Å². The zero-order valence-electron chi connectivity index (χ0n) is 9.84. The van der Waals surface area contributed by atoms with Crippen LogP contribution in [0.25, 0.3) is 10.8 Å². The fraction of sp³-hybridized carbons (Fsp3) is 0.231. The van der Waals surface area contributed by atoms with Crippen molar-refractivity contribution in [2.24, 2.45) is 0 Å². The van der Waals surface area contributed by atoms with Gasteiger partial charge in [0.05, 0.1) is 12.1 Å². The van der Waals surface area contributed by atoms with Gasteiger partial charge in [-0.25, -0.2) is 0 Å². The minimum Gasteiger partial charge on any atom is -0.481 e. The van der Waals surface area contributed by atoms with Crippen molar-refractivity contribution in [3.05, 3.63) is 36.2 Å². The summed E-state index contributed by atoms with van der Waals surface area (Å²) in [5, 5.41) is 10.8. The Balaban J connectivity index is 2.59. The van der Waals surface area contributed by atoms with Crippen LogP contribution >= 0.6 is 0 Å². The molecule has 1 aromatic carbocycles. The maximum absolute atomic E-state index is 10.8. The number of aliphatic carboxylic acids is 1. The molecule has 0 fully saturated rings. The summed E-state index contributed by atoms with van der Waals surface area (Å²) >= 11 is 0. The molecule has 0 radical (unpaired) electrons. The molecule has 0 amide bonds. The van der Waals surface area contributed by atoms with Crippen LogP contribution in [0.5, 0.6) is 0 Å². The lowest BCUT2D eigenvalue weighted by Crippen LogP contribution is -2.09. The molecule has 0 saturated heterocycles. The second-order valence-electron chi connectivity index (χ2n) is 4.13. The minimum absolute atomic E-state index is 0.0474. The number of anilines is 1. The molecule has 0 aliphatic rings. The molecule has 0 atom stereocenters. The van der Waals surface area contributed by atoms with Crippen molar-refractivity contribution in [2.45, 2.75) is 6.42 Å². The van der Waals surface area contributed by atoms with E-state index in [2.05, 4.69) is 4.98 Å². The van der Waals surface area contributed by atoms with Gasteiger partial charge < -0.3 is 10.0 Å². The Kier molecular flexibility index (Phi) is 2.95. The van der Waals surface area contributed by atoms with Crippen molar-refractivity contribution in [1.29, 1.82) is 0 Å². The molecule has 2 rings (SSSR count). The van der Waals surface area contributed by atoms with E-state index >= 15 is 0 Å². The van der Waals surface area contributed by atoms with Crippen LogP contribution in [0, 0.1) is 0 Å². The predicted molar refractivity (Wildman–Crippen MR) is 67.4 cm³/mol. The number of pyridine rings is 1. The maximum atomic E-state index is 10.8. The number of rotatable bonds is 3. The van der Waals surface area contributed by atoms with Crippen molar-refractivity contribution in [3.8, 4) is 0 Å². The summed E-state index contributed by atoms with van der Waals surface area (Å²) in [4.78, 5) is 16.9. The summed E-state index contributed by atoms with van der Waals surface area (Å²) in [5.74, 6) is -0.861. The zero-order valence-corrected chi connectivity index (χ0v) is 9.84. The van der Waals surface area contributed by atoms with E-state index in [1.165, 1.54) is 0 Å². The first-order valence-corrected chi connectivity index (χ1v) is 5.34. The van der Waals surface area contributed by atoms with Crippen LogP contribution in [-0.2, 0) is 11.2 Å². The predicted octanol–water partition coefficient (Wildman–Crippen LogP) is 1.93. The molecule has 1 N–H and O–H groups in total. The number of hydrogen-bond acceptors (Lipinski definition) is 3. The van der Waals surface area contributed by atoms with E-state index < -0.39 is 5.97 Å². The van der Waals surface area contributed by atoms with E-state index in [9.17, 15) is 4.79 Å². The third-order valence-corrected chi connectivity index (χ3v) is 2.67. The van der Waals surface area contributed by atoms with E-state index in [0.717, 1.165) is 16.5 Å². The lowest BCUT2D eigenvalue weighted by atomic mass is 10.1. The number of hydrogen-bond donors (Lipinski definition) is 1. The summed E-state index contributed by atoms with van der Waals surface area (Å²) < 4.78 is 0. The average Bonchev–Trinajstić information content (AvgIpc) is 2.28. The SMILES string of the molecule is CN(C)c1ccc2ccnc(CC(=O)O)c2c1. The van der Waals surface area contributed by atoms with E-state index in [4.69, 9.17) is 5.11 Å². The highest BCUT2D eigenvalue weighted by Crippen LogP contribution is 2.23. The quantitative estimate of drug-likeness (QED) is 0.875. The van der Waals surface area contributed by atoms with Gasteiger partial charge in [0, 0.05) is 31.4 Å². The maximum Gasteiger partial charge on any atom is 0.309 e. The Morgan fingerprint density at radius 3 is 2.76 bits per heavy atom. The van der Waals surface area contributed by atoms with Gasteiger partial charge in [0.1, 0.15) is 0 Å². The van der Waals surface area contributed by atoms with Crippen LogP contribution in [-0.4, -0.2) is 30.2 Å². The zero-order chi connectivity index (χ0) is 12.4. The number of nitrogens with zero attached hydrogens (tertiary/aromatic N) is 2. The summed E-state index contributed by atoms with van der Waals surface area (Å²) in [6.07, 6.45) is 1.60. The molecule has 0 aliphatic heterocycles. The molecule has 2 aromatic rings. The van der Waals surface area contributed by atoms with Gasteiger partial charge in [-0.2, -0.15) is 0 Å². The molecule has 0 bridgehead atoms. The van der Waals surface area contributed by atoms with Gasteiger partial charge in [-0.1, -0.05) is 6.07 Å². The molecule has 88 valence electrons.